The van der Waals surface area contributed by atoms with Crippen molar-refractivity contribution in [1.29, 1.82) is 0 Å². The molecule has 0 aromatic carbocycles. The third-order valence-corrected chi connectivity index (χ3v) is 2.51. The van der Waals surface area contributed by atoms with Gasteiger partial charge in [0.1, 0.15) is 0 Å². The molecule has 0 radical (unpaired) electrons. The molecule has 1 nitrogen and oxygen atoms in total. The SMILES string of the molecule is C=C(OC)C(CCC)CCCCC. The topological polar surface area (TPSA) is 9.23 Å². The average Bonchev–Trinajstić information content (AvgIpc) is 2.16. The third-order valence-electron chi connectivity index (χ3n) is 2.51. The van der Waals surface area contributed by atoms with Crippen LogP contribution in [0.5, 0.6) is 0 Å². The van der Waals surface area contributed by atoms with Gasteiger partial charge in [-0.2, -0.15) is 0 Å². The zero-order valence-electron chi connectivity index (χ0n) is 9.44. The van der Waals surface area contributed by atoms with Crippen LogP contribution in [-0.4, -0.2) is 7.11 Å². The van der Waals surface area contributed by atoms with Gasteiger partial charge in [-0.3, -0.25) is 0 Å². The van der Waals surface area contributed by atoms with E-state index in [9.17, 15) is 0 Å². The van der Waals surface area contributed by atoms with Crippen molar-refractivity contribution in [3.8, 4) is 0 Å². The van der Waals surface area contributed by atoms with Crippen LogP contribution in [0.25, 0.3) is 0 Å². The van der Waals surface area contributed by atoms with Gasteiger partial charge in [0.25, 0.3) is 0 Å². The van der Waals surface area contributed by atoms with E-state index in [0.717, 1.165) is 5.76 Å². The van der Waals surface area contributed by atoms with Crippen LogP contribution in [0.4, 0.5) is 0 Å². The summed E-state index contributed by atoms with van der Waals surface area (Å²) < 4.78 is 5.20. The minimum absolute atomic E-state index is 0.585. The van der Waals surface area contributed by atoms with Crippen molar-refractivity contribution >= 4 is 0 Å². The summed E-state index contributed by atoms with van der Waals surface area (Å²) in [6.07, 6.45) is 7.61. The molecule has 1 heteroatoms. The molecule has 0 aromatic rings. The molecule has 13 heavy (non-hydrogen) atoms. The van der Waals surface area contributed by atoms with Crippen LogP contribution >= 0.6 is 0 Å². The minimum atomic E-state index is 0.585. The summed E-state index contributed by atoms with van der Waals surface area (Å²) in [5, 5.41) is 0. The van der Waals surface area contributed by atoms with Crippen LogP contribution in [0.1, 0.15) is 52.4 Å². The first kappa shape index (κ1) is 12.5. The Balaban J connectivity index is 3.73. The molecule has 0 aromatic heterocycles. The van der Waals surface area contributed by atoms with Gasteiger partial charge in [0.2, 0.25) is 0 Å². The van der Waals surface area contributed by atoms with Crippen LogP contribution < -0.4 is 0 Å². The van der Waals surface area contributed by atoms with E-state index in [1.54, 1.807) is 7.11 Å². The second kappa shape index (κ2) is 8.15. The maximum Gasteiger partial charge on any atom is 0.0914 e. The third kappa shape index (κ3) is 5.73. The molecule has 0 fully saturated rings. The molecular formula is C12H24O. The van der Waals surface area contributed by atoms with Crippen molar-refractivity contribution in [3.63, 3.8) is 0 Å². The van der Waals surface area contributed by atoms with Crippen molar-refractivity contribution in [2.24, 2.45) is 5.92 Å². The molecule has 0 amide bonds. The van der Waals surface area contributed by atoms with E-state index in [2.05, 4.69) is 20.4 Å². The first-order valence-electron chi connectivity index (χ1n) is 5.49. The summed E-state index contributed by atoms with van der Waals surface area (Å²) in [5.74, 6) is 1.56. The average molecular weight is 184 g/mol. The van der Waals surface area contributed by atoms with E-state index in [-0.39, 0.29) is 0 Å². The summed E-state index contributed by atoms with van der Waals surface area (Å²) >= 11 is 0. The molecule has 0 spiro atoms. The summed E-state index contributed by atoms with van der Waals surface area (Å²) in [4.78, 5) is 0. The van der Waals surface area contributed by atoms with Crippen LogP contribution in [0.3, 0.4) is 0 Å². The van der Waals surface area contributed by atoms with Gasteiger partial charge in [-0.05, 0) is 12.8 Å². The Morgan fingerprint density at radius 3 is 2.31 bits per heavy atom. The Kier molecular flexibility index (Phi) is 7.86. The largest absolute Gasteiger partial charge is 0.501 e. The van der Waals surface area contributed by atoms with Crippen LogP contribution in [0, 0.1) is 5.92 Å². The second-order valence-corrected chi connectivity index (χ2v) is 3.65. The van der Waals surface area contributed by atoms with Crippen LogP contribution in [0.2, 0.25) is 0 Å². The molecule has 0 saturated carbocycles. The van der Waals surface area contributed by atoms with E-state index in [1.165, 1.54) is 38.5 Å². The highest BCUT2D eigenvalue weighted by atomic mass is 16.5. The van der Waals surface area contributed by atoms with Gasteiger partial charge in [0, 0.05) is 5.92 Å². The molecule has 0 aliphatic rings. The molecule has 0 aliphatic carbocycles. The molecular weight excluding hydrogens is 160 g/mol. The van der Waals surface area contributed by atoms with Gasteiger partial charge >= 0.3 is 0 Å². The van der Waals surface area contributed by atoms with Crippen molar-refractivity contribution in [1.82, 2.24) is 0 Å². The van der Waals surface area contributed by atoms with E-state index in [0.29, 0.717) is 5.92 Å². The van der Waals surface area contributed by atoms with Gasteiger partial charge in [-0.1, -0.05) is 46.1 Å². The standard InChI is InChI=1S/C12H24O/c1-5-7-8-10-12(9-6-2)11(3)13-4/h12H,3,5-10H2,1-2,4H3. The Morgan fingerprint density at radius 1 is 1.15 bits per heavy atom. The van der Waals surface area contributed by atoms with Crippen LogP contribution in [-0.2, 0) is 4.74 Å². The number of allylic oxidation sites excluding steroid dienone is 1. The number of rotatable bonds is 8. The predicted octanol–water partition coefficient (Wildman–Crippen LogP) is 4.14. The Morgan fingerprint density at radius 2 is 1.85 bits per heavy atom. The summed E-state index contributed by atoms with van der Waals surface area (Å²) in [6.45, 7) is 8.40. The summed E-state index contributed by atoms with van der Waals surface area (Å²) in [5.41, 5.74) is 0. The first-order valence-corrected chi connectivity index (χ1v) is 5.49. The number of hydrogen-bond donors (Lipinski definition) is 0. The zero-order valence-corrected chi connectivity index (χ0v) is 9.44. The van der Waals surface area contributed by atoms with Gasteiger partial charge in [0.15, 0.2) is 0 Å². The van der Waals surface area contributed by atoms with Crippen molar-refractivity contribution in [2.45, 2.75) is 52.4 Å². The normalized spacial score (nSPS) is 12.5. The lowest BCUT2D eigenvalue weighted by molar-refractivity contribution is 0.228. The zero-order chi connectivity index (χ0) is 10.1. The van der Waals surface area contributed by atoms with Crippen LogP contribution in [0.15, 0.2) is 12.3 Å². The smallest absolute Gasteiger partial charge is 0.0914 e. The molecule has 1 atom stereocenters. The molecule has 0 aliphatic heterocycles. The molecule has 0 N–H and O–H groups in total. The second-order valence-electron chi connectivity index (χ2n) is 3.65. The minimum Gasteiger partial charge on any atom is -0.501 e. The Bertz CT molecular complexity index is 129. The highest BCUT2D eigenvalue weighted by molar-refractivity contribution is 4.90. The fourth-order valence-electron chi connectivity index (χ4n) is 1.62. The molecule has 78 valence electrons. The Labute approximate surface area is 83.2 Å². The monoisotopic (exact) mass is 184 g/mol. The van der Waals surface area contributed by atoms with Crippen molar-refractivity contribution in [2.75, 3.05) is 7.11 Å². The Hall–Kier alpha value is -0.460. The number of methoxy groups -OCH3 is 1. The van der Waals surface area contributed by atoms with Gasteiger partial charge in [0.05, 0.1) is 12.9 Å². The van der Waals surface area contributed by atoms with Gasteiger partial charge < -0.3 is 4.74 Å². The predicted molar refractivity (Wildman–Crippen MR) is 58.7 cm³/mol. The van der Waals surface area contributed by atoms with E-state index in [1.807, 2.05) is 0 Å². The fraction of sp³-hybridized carbons (Fsp3) is 0.833. The maximum atomic E-state index is 5.20. The van der Waals surface area contributed by atoms with Crippen molar-refractivity contribution < 1.29 is 4.74 Å². The molecule has 0 bridgehead atoms. The number of hydrogen-bond acceptors (Lipinski definition) is 1. The fourth-order valence-corrected chi connectivity index (χ4v) is 1.62. The first-order chi connectivity index (χ1) is 6.26. The molecule has 0 heterocycles. The highest BCUT2D eigenvalue weighted by Gasteiger charge is 2.11. The highest BCUT2D eigenvalue weighted by Crippen LogP contribution is 2.22. The summed E-state index contributed by atoms with van der Waals surface area (Å²) in [6, 6.07) is 0. The van der Waals surface area contributed by atoms with Gasteiger partial charge in [-0.25, -0.2) is 0 Å². The van der Waals surface area contributed by atoms with E-state index < -0.39 is 0 Å². The number of unbranched alkanes of at least 4 members (excludes halogenated alkanes) is 2. The molecule has 1 unspecified atom stereocenters. The number of ether oxygens (including phenoxy) is 1. The lowest BCUT2D eigenvalue weighted by Crippen LogP contribution is -2.05. The lowest BCUT2D eigenvalue weighted by atomic mass is 9.95. The van der Waals surface area contributed by atoms with Gasteiger partial charge in [-0.15, -0.1) is 0 Å². The summed E-state index contributed by atoms with van der Waals surface area (Å²) in [7, 11) is 1.73. The quantitative estimate of drug-likeness (QED) is 0.407. The van der Waals surface area contributed by atoms with E-state index in [4.69, 9.17) is 4.74 Å². The lowest BCUT2D eigenvalue weighted by Gasteiger charge is -2.17. The van der Waals surface area contributed by atoms with Crippen molar-refractivity contribution in [3.05, 3.63) is 12.3 Å². The van der Waals surface area contributed by atoms with E-state index >= 15 is 0 Å². The maximum absolute atomic E-state index is 5.20. The molecule has 0 rings (SSSR count). The molecule has 0 saturated heterocycles.